The number of rotatable bonds is 3. The molecule has 0 aliphatic heterocycles. The lowest BCUT2D eigenvalue weighted by molar-refractivity contribution is -0.134. The zero-order valence-electron chi connectivity index (χ0n) is 8.92. The number of halogens is 3. The third kappa shape index (κ3) is 2.79. The van der Waals surface area contributed by atoms with Gasteiger partial charge in [-0.2, -0.15) is 13.2 Å². The summed E-state index contributed by atoms with van der Waals surface area (Å²) in [5, 5.41) is 9.33. The van der Waals surface area contributed by atoms with Gasteiger partial charge in [0, 0.05) is 11.3 Å². The van der Waals surface area contributed by atoms with Crippen molar-refractivity contribution in [2.45, 2.75) is 19.0 Å². The highest BCUT2D eigenvalue weighted by molar-refractivity contribution is 7.19. The van der Waals surface area contributed by atoms with E-state index < -0.39 is 11.1 Å². The molecule has 1 aromatic heterocycles. The van der Waals surface area contributed by atoms with E-state index in [1.807, 2.05) is 6.07 Å². The van der Waals surface area contributed by atoms with Gasteiger partial charge in [0.1, 0.15) is 4.88 Å². The summed E-state index contributed by atoms with van der Waals surface area (Å²) in [7, 11) is 0. The van der Waals surface area contributed by atoms with Gasteiger partial charge in [-0.05, 0) is 35.9 Å². The third-order valence-electron chi connectivity index (χ3n) is 2.48. The van der Waals surface area contributed by atoms with E-state index in [1.165, 1.54) is 6.07 Å². The monoisotopic (exact) mass is 260 g/mol. The van der Waals surface area contributed by atoms with Gasteiger partial charge >= 0.3 is 6.18 Å². The summed E-state index contributed by atoms with van der Waals surface area (Å²) in [5.74, 6) is 0. The smallest absolute Gasteiger partial charge is 0.396 e. The molecule has 17 heavy (non-hydrogen) atoms. The predicted octanol–water partition coefficient (Wildman–Crippen LogP) is 3.85. The Kier molecular flexibility index (Phi) is 3.40. The lowest BCUT2D eigenvalue weighted by Gasteiger charge is -1.99. The Balaban J connectivity index is 2.34. The van der Waals surface area contributed by atoms with Crippen molar-refractivity contribution in [3.05, 3.63) is 34.7 Å². The molecule has 0 radical (unpaired) electrons. The van der Waals surface area contributed by atoms with Crippen molar-refractivity contribution in [3.8, 4) is 0 Å². The van der Waals surface area contributed by atoms with Crippen molar-refractivity contribution in [2.24, 2.45) is 0 Å². The van der Waals surface area contributed by atoms with Crippen molar-refractivity contribution in [3.63, 3.8) is 0 Å². The van der Waals surface area contributed by atoms with Gasteiger partial charge in [0.15, 0.2) is 0 Å². The summed E-state index contributed by atoms with van der Waals surface area (Å²) in [4.78, 5) is -0.563. The fourth-order valence-electron chi connectivity index (χ4n) is 1.67. The van der Waals surface area contributed by atoms with Crippen molar-refractivity contribution in [1.29, 1.82) is 0 Å². The molecular formula is C12H11F3OS. The molecule has 0 aliphatic carbocycles. The summed E-state index contributed by atoms with van der Waals surface area (Å²) in [6.07, 6.45) is -2.96. The Morgan fingerprint density at radius 2 is 1.94 bits per heavy atom. The quantitative estimate of drug-likeness (QED) is 0.888. The maximum Gasteiger partial charge on any atom is 0.425 e. The highest BCUT2D eigenvalue weighted by Gasteiger charge is 2.32. The lowest BCUT2D eigenvalue weighted by Crippen LogP contribution is -2.00. The molecule has 5 heteroatoms. The maximum atomic E-state index is 12.5. The second kappa shape index (κ2) is 4.66. The number of thiophene rings is 1. The van der Waals surface area contributed by atoms with E-state index >= 15 is 0 Å². The van der Waals surface area contributed by atoms with Crippen LogP contribution in [0.3, 0.4) is 0 Å². The minimum Gasteiger partial charge on any atom is -0.396 e. The highest BCUT2D eigenvalue weighted by Crippen LogP contribution is 2.38. The summed E-state index contributed by atoms with van der Waals surface area (Å²) >= 11 is 0.762. The van der Waals surface area contributed by atoms with Crippen LogP contribution in [0.15, 0.2) is 24.3 Å². The van der Waals surface area contributed by atoms with Gasteiger partial charge in [-0.15, -0.1) is 11.3 Å². The molecule has 0 spiro atoms. The average Bonchev–Trinajstić information content (AvgIpc) is 2.68. The Labute approximate surface area is 101 Å². The average molecular weight is 260 g/mol. The molecule has 0 unspecified atom stereocenters. The SMILES string of the molecule is OCCCc1ccc2sc(C(F)(F)F)cc2c1. The van der Waals surface area contributed by atoms with Crippen molar-refractivity contribution < 1.29 is 18.3 Å². The summed E-state index contributed by atoms with van der Waals surface area (Å²) < 4.78 is 38.2. The number of alkyl halides is 3. The van der Waals surface area contributed by atoms with Crippen LogP contribution in [0, 0.1) is 0 Å². The van der Waals surface area contributed by atoms with E-state index in [0.717, 1.165) is 16.9 Å². The molecule has 1 N–H and O–H groups in total. The second-order valence-corrected chi connectivity index (χ2v) is 4.89. The van der Waals surface area contributed by atoms with E-state index in [4.69, 9.17) is 5.11 Å². The van der Waals surface area contributed by atoms with Crippen LogP contribution in [0.4, 0.5) is 13.2 Å². The number of hydrogen-bond donors (Lipinski definition) is 1. The fourth-order valence-corrected chi connectivity index (χ4v) is 2.58. The number of benzene rings is 1. The van der Waals surface area contributed by atoms with Gasteiger partial charge < -0.3 is 5.11 Å². The first-order chi connectivity index (χ1) is 8.00. The second-order valence-electron chi connectivity index (χ2n) is 3.81. The molecule has 92 valence electrons. The third-order valence-corrected chi connectivity index (χ3v) is 3.64. The van der Waals surface area contributed by atoms with Crippen molar-refractivity contribution >= 4 is 21.4 Å². The molecule has 2 aromatic rings. The number of fused-ring (bicyclic) bond motifs is 1. The molecule has 0 saturated carbocycles. The molecule has 1 nitrogen and oxygen atoms in total. The summed E-state index contributed by atoms with van der Waals surface area (Å²) in [5.41, 5.74) is 0.957. The molecule has 0 fully saturated rings. The highest BCUT2D eigenvalue weighted by atomic mass is 32.1. The summed E-state index contributed by atoms with van der Waals surface area (Å²) in [6, 6.07) is 6.47. The van der Waals surface area contributed by atoms with Gasteiger partial charge in [-0.25, -0.2) is 0 Å². The molecule has 0 aliphatic rings. The standard InChI is InChI=1S/C12H11F3OS/c13-12(14,15)11-7-9-6-8(2-1-5-16)3-4-10(9)17-11/h3-4,6-7,16H,1-2,5H2. The van der Waals surface area contributed by atoms with Crippen LogP contribution in [-0.4, -0.2) is 11.7 Å². The van der Waals surface area contributed by atoms with E-state index in [9.17, 15) is 13.2 Å². The van der Waals surface area contributed by atoms with E-state index in [1.54, 1.807) is 12.1 Å². The molecule has 2 rings (SSSR count). The molecule has 0 atom stereocenters. The maximum absolute atomic E-state index is 12.5. The van der Waals surface area contributed by atoms with Crippen LogP contribution in [0.2, 0.25) is 0 Å². The predicted molar refractivity (Wildman–Crippen MR) is 62.2 cm³/mol. The van der Waals surface area contributed by atoms with Crippen LogP contribution in [-0.2, 0) is 12.6 Å². The Morgan fingerprint density at radius 3 is 2.59 bits per heavy atom. The molecule has 0 bridgehead atoms. The van der Waals surface area contributed by atoms with E-state index in [-0.39, 0.29) is 6.61 Å². The zero-order valence-corrected chi connectivity index (χ0v) is 9.74. The van der Waals surface area contributed by atoms with E-state index in [2.05, 4.69) is 0 Å². The summed E-state index contributed by atoms with van der Waals surface area (Å²) in [6.45, 7) is 0.0927. The fraction of sp³-hybridized carbons (Fsp3) is 0.333. The van der Waals surface area contributed by atoms with Crippen LogP contribution < -0.4 is 0 Å². The molecule has 0 amide bonds. The number of hydrogen-bond acceptors (Lipinski definition) is 2. The van der Waals surface area contributed by atoms with Crippen LogP contribution in [0.5, 0.6) is 0 Å². The van der Waals surface area contributed by atoms with Crippen LogP contribution in [0.25, 0.3) is 10.1 Å². The van der Waals surface area contributed by atoms with Crippen LogP contribution in [0.1, 0.15) is 16.9 Å². The first-order valence-electron chi connectivity index (χ1n) is 5.21. The minimum absolute atomic E-state index is 0.0927. The molecule has 1 aromatic carbocycles. The molecule has 1 heterocycles. The number of aliphatic hydroxyl groups excluding tert-OH is 1. The first-order valence-corrected chi connectivity index (χ1v) is 6.03. The van der Waals surface area contributed by atoms with Gasteiger partial charge in [0.25, 0.3) is 0 Å². The van der Waals surface area contributed by atoms with E-state index in [0.29, 0.717) is 22.9 Å². The van der Waals surface area contributed by atoms with Gasteiger partial charge in [0.05, 0.1) is 0 Å². The van der Waals surface area contributed by atoms with Crippen LogP contribution >= 0.6 is 11.3 Å². The lowest BCUT2D eigenvalue weighted by atomic mass is 10.1. The van der Waals surface area contributed by atoms with Gasteiger partial charge in [-0.3, -0.25) is 0 Å². The topological polar surface area (TPSA) is 20.2 Å². The van der Waals surface area contributed by atoms with Gasteiger partial charge in [0.2, 0.25) is 0 Å². The number of aryl methyl sites for hydroxylation is 1. The minimum atomic E-state index is -4.27. The first kappa shape index (κ1) is 12.4. The van der Waals surface area contributed by atoms with Gasteiger partial charge in [-0.1, -0.05) is 12.1 Å². The molecular weight excluding hydrogens is 249 g/mol. The Bertz CT molecular complexity index is 516. The largest absolute Gasteiger partial charge is 0.425 e. The normalized spacial score (nSPS) is 12.2. The van der Waals surface area contributed by atoms with Crippen molar-refractivity contribution in [1.82, 2.24) is 0 Å². The Morgan fingerprint density at radius 1 is 1.18 bits per heavy atom. The van der Waals surface area contributed by atoms with Crippen molar-refractivity contribution in [2.75, 3.05) is 6.61 Å². The Hall–Kier alpha value is -1.07. The number of aliphatic hydroxyl groups is 1. The molecule has 0 saturated heterocycles. The zero-order chi connectivity index (χ0) is 12.5.